The number of unbranched alkanes of at least 4 members (excludes halogenated alkanes) is 10. The minimum Gasteiger partial charge on any atom is -0.481 e. The highest BCUT2D eigenvalue weighted by atomic mass is 16.5. The summed E-state index contributed by atoms with van der Waals surface area (Å²) in [5, 5.41) is 17.1. The molecular weight excluding hydrogens is 392 g/mol. The Hall–Kier alpha value is -1.62. The van der Waals surface area contributed by atoms with Crippen LogP contribution in [0, 0.1) is 5.92 Å². The summed E-state index contributed by atoms with van der Waals surface area (Å²) in [6, 6.07) is 0. The van der Waals surface area contributed by atoms with Crippen LogP contribution in [0.3, 0.4) is 0 Å². The molecule has 31 heavy (non-hydrogen) atoms. The molecule has 5 nitrogen and oxygen atoms in total. The van der Waals surface area contributed by atoms with Gasteiger partial charge in [0.2, 0.25) is 0 Å². The fraction of sp³-hybridized carbons (Fsp3) is 0.769. The molecule has 0 bridgehead atoms. The van der Waals surface area contributed by atoms with Crippen LogP contribution < -0.4 is 0 Å². The summed E-state index contributed by atoms with van der Waals surface area (Å²) in [7, 11) is 0. The van der Waals surface area contributed by atoms with E-state index in [-0.39, 0.29) is 18.4 Å². The van der Waals surface area contributed by atoms with Crippen LogP contribution in [0.4, 0.5) is 0 Å². The monoisotopic (exact) mass is 436 g/mol. The van der Waals surface area contributed by atoms with Gasteiger partial charge in [0.15, 0.2) is 0 Å². The predicted octanol–water partition coefficient (Wildman–Crippen LogP) is 6.91. The Morgan fingerprint density at radius 1 is 0.774 bits per heavy atom. The lowest BCUT2D eigenvalue weighted by molar-refractivity contribution is -0.139. The summed E-state index contributed by atoms with van der Waals surface area (Å²) >= 11 is 0. The summed E-state index contributed by atoms with van der Waals surface area (Å²) in [5.74, 6) is -1.67. The van der Waals surface area contributed by atoms with Gasteiger partial charge in [-0.05, 0) is 37.3 Å². The maximum absolute atomic E-state index is 10.5. The van der Waals surface area contributed by atoms with Gasteiger partial charge in [-0.2, -0.15) is 0 Å². The molecule has 2 aliphatic carbocycles. The molecule has 2 aliphatic rings. The fourth-order valence-corrected chi connectivity index (χ4v) is 3.65. The molecule has 0 saturated heterocycles. The second-order valence-corrected chi connectivity index (χ2v) is 8.77. The molecule has 0 fully saturated rings. The van der Waals surface area contributed by atoms with Crippen LogP contribution in [0.15, 0.2) is 23.3 Å². The van der Waals surface area contributed by atoms with Crippen LogP contribution in [0.25, 0.3) is 0 Å². The van der Waals surface area contributed by atoms with Crippen LogP contribution in [0.5, 0.6) is 0 Å². The standard InChI is InChI=1S/C14H24O3.C12H20O2/c1-2-3-4-5-6-7-8-12-11-13(12)17-10-9-14(15)16;1-2-3-4-5-6-7-8-10-9-11(10)12(13)14/h11,13H,2-10H2,1H3,(H,15,16);9,11H,2-8H2,1H3,(H,13,14). The molecule has 2 atom stereocenters. The van der Waals surface area contributed by atoms with Gasteiger partial charge in [-0.25, -0.2) is 0 Å². The first kappa shape index (κ1) is 27.4. The summed E-state index contributed by atoms with van der Waals surface area (Å²) in [6.45, 7) is 4.77. The minimum atomic E-state index is -0.789. The third-order valence-corrected chi connectivity index (χ3v) is 5.81. The molecule has 0 heterocycles. The zero-order chi connectivity index (χ0) is 22.9. The molecule has 0 aromatic carbocycles. The Balaban J connectivity index is 0.000000316. The number of ether oxygens (including phenoxy) is 1. The molecule has 0 aromatic heterocycles. The molecule has 2 unspecified atom stereocenters. The molecule has 2 rings (SSSR count). The average molecular weight is 437 g/mol. The van der Waals surface area contributed by atoms with Gasteiger partial charge in [-0.15, -0.1) is 0 Å². The zero-order valence-corrected chi connectivity index (χ0v) is 19.7. The van der Waals surface area contributed by atoms with Gasteiger partial charge in [0, 0.05) is 0 Å². The lowest BCUT2D eigenvalue weighted by Crippen LogP contribution is -2.05. The normalized spacial score (nSPS) is 18.5. The van der Waals surface area contributed by atoms with Gasteiger partial charge in [0.05, 0.1) is 25.0 Å². The van der Waals surface area contributed by atoms with Gasteiger partial charge in [0.25, 0.3) is 0 Å². The first-order valence-corrected chi connectivity index (χ1v) is 12.5. The number of aliphatic carboxylic acids is 2. The van der Waals surface area contributed by atoms with Gasteiger partial charge < -0.3 is 14.9 Å². The Morgan fingerprint density at radius 2 is 1.29 bits per heavy atom. The first-order chi connectivity index (χ1) is 15.0. The number of hydrogen-bond donors (Lipinski definition) is 2. The number of hydrogen-bond acceptors (Lipinski definition) is 3. The van der Waals surface area contributed by atoms with E-state index < -0.39 is 11.9 Å². The van der Waals surface area contributed by atoms with E-state index in [2.05, 4.69) is 19.9 Å². The molecule has 0 aliphatic heterocycles. The van der Waals surface area contributed by atoms with E-state index in [1.807, 2.05) is 6.08 Å². The van der Waals surface area contributed by atoms with Crippen molar-refractivity contribution in [1.29, 1.82) is 0 Å². The van der Waals surface area contributed by atoms with Gasteiger partial charge in [0.1, 0.15) is 0 Å². The second kappa shape index (κ2) is 17.0. The zero-order valence-electron chi connectivity index (χ0n) is 19.7. The quantitative estimate of drug-likeness (QED) is 0.170. The Bertz CT molecular complexity index is 578. The van der Waals surface area contributed by atoms with Crippen LogP contribution in [-0.4, -0.2) is 34.9 Å². The van der Waals surface area contributed by atoms with E-state index in [4.69, 9.17) is 14.9 Å². The van der Waals surface area contributed by atoms with Crippen molar-refractivity contribution >= 4 is 11.9 Å². The van der Waals surface area contributed by atoms with Gasteiger partial charge in [-0.3, -0.25) is 9.59 Å². The van der Waals surface area contributed by atoms with Crippen molar-refractivity contribution in [1.82, 2.24) is 0 Å². The van der Waals surface area contributed by atoms with Crippen LogP contribution >= 0.6 is 0 Å². The van der Waals surface area contributed by atoms with E-state index in [0.29, 0.717) is 6.61 Å². The highest BCUT2D eigenvalue weighted by Gasteiger charge is 2.30. The Morgan fingerprint density at radius 3 is 1.77 bits per heavy atom. The molecule has 2 N–H and O–H groups in total. The third kappa shape index (κ3) is 14.9. The molecule has 0 aromatic rings. The molecule has 178 valence electrons. The summed E-state index contributed by atoms with van der Waals surface area (Å²) in [5.41, 5.74) is 2.51. The SMILES string of the molecule is CCCCCCCCC1=CC1C(=O)O.CCCCCCCCC1=CC1OCCC(=O)O. The molecule has 0 spiro atoms. The van der Waals surface area contributed by atoms with Crippen molar-refractivity contribution in [3.05, 3.63) is 23.3 Å². The smallest absolute Gasteiger partial charge is 0.314 e. The third-order valence-electron chi connectivity index (χ3n) is 5.81. The van der Waals surface area contributed by atoms with Crippen molar-refractivity contribution in [2.75, 3.05) is 6.61 Å². The number of carboxylic acid groups (broad SMARTS) is 2. The highest BCUT2D eigenvalue weighted by molar-refractivity contribution is 5.81. The van der Waals surface area contributed by atoms with Gasteiger partial charge in [-0.1, -0.05) is 89.7 Å². The fourth-order valence-electron chi connectivity index (χ4n) is 3.65. The van der Waals surface area contributed by atoms with Crippen molar-refractivity contribution in [2.45, 2.75) is 116 Å². The largest absolute Gasteiger partial charge is 0.481 e. The van der Waals surface area contributed by atoms with E-state index in [9.17, 15) is 9.59 Å². The highest BCUT2D eigenvalue weighted by Crippen LogP contribution is 2.33. The second-order valence-electron chi connectivity index (χ2n) is 8.77. The van der Waals surface area contributed by atoms with Crippen LogP contribution in [0.2, 0.25) is 0 Å². The number of carboxylic acids is 2. The van der Waals surface area contributed by atoms with Crippen molar-refractivity contribution in [2.24, 2.45) is 5.92 Å². The summed E-state index contributed by atoms with van der Waals surface area (Å²) < 4.78 is 5.40. The lowest BCUT2D eigenvalue weighted by atomic mass is 10.1. The topological polar surface area (TPSA) is 83.8 Å². The van der Waals surface area contributed by atoms with E-state index in [1.165, 1.54) is 82.6 Å². The molecule has 0 amide bonds. The lowest BCUT2D eigenvalue weighted by Gasteiger charge is -2.02. The number of rotatable bonds is 19. The van der Waals surface area contributed by atoms with Crippen LogP contribution in [0.1, 0.15) is 110 Å². The Labute approximate surface area is 189 Å². The van der Waals surface area contributed by atoms with E-state index in [0.717, 1.165) is 18.4 Å². The molecule has 5 heteroatoms. The number of carbonyl (C=O) groups is 2. The predicted molar refractivity (Wildman–Crippen MR) is 125 cm³/mol. The maximum atomic E-state index is 10.5. The van der Waals surface area contributed by atoms with E-state index >= 15 is 0 Å². The average Bonchev–Trinajstić information content (AvgIpc) is 3.64. The van der Waals surface area contributed by atoms with Crippen LogP contribution in [-0.2, 0) is 14.3 Å². The maximum Gasteiger partial charge on any atom is 0.314 e. The van der Waals surface area contributed by atoms with E-state index in [1.54, 1.807) is 0 Å². The molecule has 0 radical (unpaired) electrons. The van der Waals surface area contributed by atoms with Crippen molar-refractivity contribution < 1.29 is 24.5 Å². The molecular formula is C26H44O5. The molecule has 0 saturated carbocycles. The minimum absolute atomic E-state index is 0.106. The first-order valence-electron chi connectivity index (χ1n) is 12.5. The van der Waals surface area contributed by atoms with Gasteiger partial charge >= 0.3 is 11.9 Å². The Kier molecular flexibility index (Phi) is 15.0. The summed E-state index contributed by atoms with van der Waals surface area (Å²) in [4.78, 5) is 20.8. The van der Waals surface area contributed by atoms with Crippen molar-refractivity contribution in [3.63, 3.8) is 0 Å². The van der Waals surface area contributed by atoms with Crippen molar-refractivity contribution in [3.8, 4) is 0 Å². The summed E-state index contributed by atoms with van der Waals surface area (Å²) in [6.07, 6.45) is 21.9.